The Morgan fingerprint density at radius 1 is 1.04 bits per heavy atom. The van der Waals surface area contributed by atoms with Crippen molar-refractivity contribution in [1.82, 2.24) is 4.90 Å². The fourth-order valence-electron chi connectivity index (χ4n) is 3.28. The number of benzene rings is 2. The molecule has 1 aliphatic heterocycles. The SMILES string of the molecule is COC(=O)C1(Cc2ccccc2)CC(=O)N1Cc1ccc(OC)cc1. The Bertz CT molecular complexity index is 757. The van der Waals surface area contributed by atoms with Gasteiger partial charge in [0.2, 0.25) is 5.91 Å². The number of carbonyl (C=O) groups excluding carboxylic acids is 2. The first-order valence-corrected chi connectivity index (χ1v) is 8.15. The van der Waals surface area contributed by atoms with Crippen molar-refractivity contribution in [2.24, 2.45) is 0 Å². The zero-order valence-corrected chi connectivity index (χ0v) is 14.4. The summed E-state index contributed by atoms with van der Waals surface area (Å²) in [6.45, 7) is 0.366. The minimum atomic E-state index is -0.937. The molecule has 0 saturated carbocycles. The lowest BCUT2D eigenvalue weighted by Crippen LogP contribution is -2.68. The third-order valence-electron chi connectivity index (χ3n) is 4.67. The molecule has 5 heteroatoms. The molecule has 1 unspecified atom stereocenters. The summed E-state index contributed by atoms with van der Waals surface area (Å²) in [4.78, 5) is 26.4. The summed E-state index contributed by atoms with van der Waals surface area (Å²) >= 11 is 0. The lowest BCUT2D eigenvalue weighted by atomic mass is 9.78. The molecule has 0 bridgehead atoms. The number of nitrogens with zero attached hydrogens (tertiary/aromatic N) is 1. The summed E-state index contributed by atoms with van der Waals surface area (Å²) in [7, 11) is 2.97. The molecule has 2 aromatic rings. The summed E-state index contributed by atoms with van der Waals surface area (Å²) in [6.07, 6.45) is 0.618. The van der Waals surface area contributed by atoms with Crippen LogP contribution in [0, 0.1) is 0 Å². The van der Waals surface area contributed by atoms with Gasteiger partial charge in [-0.1, -0.05) is 42.5 Å². The highest BCUT2D eigenvalue weighted by Crippen LogP contribution is 2.38. The number of carbonyl (C=O) groups is 2. The molecule has 3 rings (SSSR count). The Morgan fingerprint density at radius 2 is 1.72 bits per heavy atom. The van der Waals surface area contributed by atoms with Crippen LogP contribution in [0.2, 0.25) is 0 Å². The summed E-state index contributed by atoms with van der Waals surface area (Å²) in [5, 5.41) is 0. The van der Waals surface area contributed by atoms with E-state index in [1.165, 1.54) is 7.11 Å². The van der Waals surface area contributed by atoms with Gasteiger partial charge in [-0.25, -0.2) is 4.79 Å². The largest absolute Gasteiger partial charge is 0.497 e. The lowest BCUT2D eigenvalue weighted by Gasteiger charge is -2.49. The number of amides is 1. The number of ether oxygens (including phenoxy) is 2. The summed E-state index contributed by atoms with van der Waals surface area (Å²) < 4.78 is 10.2. The normalized spacial score (nSPS) is 19.3. The predicted octanol–water partition coefficient (Wildman–Crippen LogP) is 2.58. The van der Waals surface area contributed by atoms with E-state index in [0.717, 1.165) is 16.9 Å². The summed E-state index contributed by atoms with van der Waals surface area (Å²) in [6, 6.07) is 17.2. The Labute approximate surface area is 147 Å². The average Bonchev–Trinajstić information content (AvgIpc) is 2.66. The van der Waals surface area contributed by atoms with E-state index in [4.69, 9.17) is 9.47 Å². The van der Waals surface area contributed by atoms with Crippen molar-refractivity contribution >= 4 is 11.9 Å². The van der Waals surface area contributed by atoms with E-state index in [0.29, 0.717) is 13.0 Å². The molecule has 1 saturated heterocycles. The average molecular weight is 339 g/mol. The molecule has 5 nitrogen and oxygen atoms in total. The van der Waals surface area contributed by atoms with Crippen LogP contribution in [0.3, 0.4) is 0 Å². The van der Waals surface area contributed by atoms with Gasteiger partial charge in [-0.2, -0.15) is 0 Å². The molecular weight excluding hydrogens is 318 g/mol. The highest BCUT2D eigenvalue weighted by Gasteiger charge is 2.57. The van der Waals surface area contributed by atoms with Gasteiger partial charge >= 0.3 is 5.97 Å². The maximum absolute atomic E-state index is 12.5. The standard InChI is InChI=1S/C20H21NO4/c1-24-17-10-8-16(9-11-17)14-21-18(22)13-20(21,19(23)25-2)12-15-6-4-3-5-7-15/h3-11H,12-14H2,1-2H3. The van der Waals surface area contributed by atoms with Gasteiger partial charge in [-0.15, -0.1) is 0 Å². The molecule has 1 fully saturated rings. The van der Waals surface area contributed by atoms with E-state index in [1.807, 2.05) is 54.6 Å². The van der Waals surface area contributed by atoms with Crippen molar-refractivity contribution in [2.45, 2.75) is 24.9 Å². The van der Waals surface area contributed by atoms with Gasteiger partial charge in [0.25, 0.3) is 0 Å². The van der Waals surface area contributed by atoms with Gasteiger partial charge in [0.05, 0.1) is 20.6 Å². The Morgan fingerprint density at radius 3 is 2.28 bits per heavy atom. The molecule has 130 valence electrons. The molecule has 1 amide bonds. The number of rotatable bonds is 6. The highest BCUT2D eigenvalue weighted by atomic mass is 16.5. The van der Waals surface area contributed by atoms with Gasteiger partial charge in [-0.3, -0.25) is 4.79 Å². The second-order valence-corrected chi connectivity index (χ2v) is 6.19. The van der Waals surface area contributed by atoms with Crippen LogP contribution >= 0.6 is 0 Å². The van der Waals surface area contributed by atoms with Gasteiger partial charge in [0.15, 0.2) is 5.54 Å². The molecular formula is C20H21NO4. The smallest absolute Gasteiger partial charge is 0.332 e. The number of esters is 1. The summed E-state index contributed by atoms with van der Waals surface area (Å²) in [5.74, 6) is 0.337. The molecule has 2 aromatic carbocycles. The van der Waals surface area contributed by atoms with Gasteiger partial charge in [0, 0.05) is 13.0 Å². The summed E-state index contributed by atoms with van der Waals surface area (Å²) in [5.41, 5.74) is 1.00. The quantitative estimate of drug-likeness (QED) is 0.600. The minimum absolute atomic E-state index is 0.0443. The third kappa shape index (κ3) is 3.22. The molecule has 1 heterocycles. The molecule has 25 heavy (non-hydrogen) atoms. The van der Waals surface area contributed by atoms with Crippen LogP contribution in [-0.4, -0.2) is 36.5 Å². The lowest BCUT2D eigenvalue weighted by molar-refractivity contribution is -0.179. The van der Waals surface area contributed by atoms with Gasteiger partial charge < -0.3 is 14.4 Å². The Kier molecular flexibility index (Phi) is 4.74. The van der Waals surface area contributed by atoms with E-state index in [9.17, 15) is 9.59 Å². The Balaban J connectivity index is 1.86. The first-order valence-electron chi connectivity index (χ1n) is 8.15. The molecule has 0 spiro atoms. The number of methoxy groups -OCH3 is 2. The maximum Gasteiger partial charge on any atom is 0.332 e. The van der Waals surface area contributed by atoms with Crippen LogP contribution in [0.5, 0.6) is 5.75 Å². The zero-order chi connectivity index (χ0) is 17.9. The van der Waals surface area contributed by atoms with E-state index < -0.39 is 5.54 Å². The van der Waals surface area contributed by atoms with Crippen LogP contribution in [0.4, 0.5) is 0 Å². The first-order chi connectivity index (χ1) is 12.1. The fraction of sp³-hybridized carbons (Fsp3) is 0.300. The second-order valence-electron chi connectivity index (χ2n) is 6.19. The van der Waals surface area contributed by atoms with Crippen LogP contribution in [0.25, 0.3) is 0 Å². The number of hydrogen-bond donors (Lipinski definition) is 0. The number of likely N-dealkylation sites (tertiary alicyclic amines) is 1. The highest BCUT2D eigenvalue weighted by molar-refractivity contribution is 5.99. The van der Waals surface area contributed by atoms with Crippen molar-refractivity contribution in [2.75, 3.05) is 14.2 Å². The maximum atomic E-state index is 12.5. The molecule has 0 aromatic heterocycles. The topological polar surface area (TPSA) is 55.8 Å². The van der Waals surface area contributed by atoms with Gasteiger partial charge in [0.1, 0.15) is 5.75 Å². The number of hydrogen-bond acceptors (Lipinski definition) is 4. The molecule has 0 N–H and O–H groups in total. The van der Waals surface area contributed by atoms with Crippen LogP contribution in [0.15, 0.2) is 54.6 Å². The van der Waals surface area contributed by atoms with Crippen LogP contribution in [0.1, 0.15) is 17.5 Å². The fourth-order valence-corrected chi connectivity index (χ4v) is 3.28. The monoisotopic (exact) mass is 339 g/mol. The van der Waals surface area contributed by atoms with E-state index in [1.54, 1.807) is 12.0 Å². The van der Waals surface area contributed by atoms with Crippen molar-refractivity contribution in [1.29, 1.82) is 0 Å². The van der Waals surface area contributed by atoms with E-state index >= 15 is 0 Å². The first kappa shape index (κ1) is 17.0. The molecule has 1 aliphatic rings. The van der Waals surface area contributed by atoms with Crippen molar-refractivity contribution in [3.63, 3.8) is 0 Å². The van der Waals surface area contributed by atoms with Gasteiger partial charge in [-0.05, 0) is 23.3 Å². The van der Waals surface area contributed by atoms with Crippen LogP contribution < -0.4 is 4.74 Å². The second kappa shape index (κ2) is 6.97. The van der Waals surface area contributed by atoms with E-state index in [-0.39, 0.29) is 18.3 Å². The van der Waals surface area contributed by atoms with E-state index in [2.05, 4.69) is 0 Å². The van der Waals surface area contributed by atoms with Crippen molar-refractivity contribution < 1.29 is 19.1 Å². The molecule has 0 aliphatic carbocycles. The van der Waals surface area contributed by atoms with Crippen molar-refractivity contribution in [3.8, 4) is 5.75 Å². The zero-order valence-electron chi connectivity index (χ0n) is 14.4. The minimum Gasteiger partial charge on any atom is -0.497 e. The molecule has 1 atom stereocenters. The molecule has 0 radical (unpaired) electrons. The van der Waals surface area contributed by atoms with Crippen molar-refractivity contribution in [3.05, 3.63) is 65.7 Å². The number of β-lactam (4-membered cyclic amide) rings is 1. The predicted molar refractivity (Wildman–Crippen MR) is 93.1 cm³/mol. The van der Waals surface area contributed by atoms with Crippen LogP contribution in [-0.2, 0) is 27.3 Å². The third-order valence-corrected chi connectivity index (χ3v) is 4.67. The Hall–Kier alpha value is -2.82.